The molecule has 13 nitrogen and oxygen atoms in total. The van der Waals surface area contributed by atoms with Gasteiger partial charge in [0.2, 0.25) is 0 Å². The van der Waals surface area contributed by atoms with Gasteiger partial charge in [-0.05, 0) is 63.4 Å². The summed E-state index contributed by atoms with van der Waals surface area (Å²) in [5.74, 6) is -0.724. The molecule has 2 aromatic heterocycles. The van der Waals surface area contributed by atoms with Crippen LogP contribution in [0.1, 0.15) is 60.7 Å². The summed E-state index contributed by atoms with van der Waals surface area (Å²) in [6, 6.07) is 7.54. The Hall–Kier alpha value is -3.85. The van der Waals surface area contributed by atoms with Crippen molar-refractivity contribution < 1.29 is 32.6 Å². The minimum Gasteiger partial charge on any atom is -0.490 e. The fraction of sp³-hybridized carbons (Fsp3) is 0.500. The summed E-state index contributed by atoms with van der Waals surface area (Å²) in [5, 5.41) is 13.0. The molecule has 250 valence electrons. The van der Waals surface area contributed by atoms with Crippen molar-refractivity contribution in [1.82, 2.24) is 23.7 Å². The number of likely N-dealkylation sites (N-methyl/N-ethyl adjacent to an activating group) is 1. The number of aliphatic hydroxyl groups excluding tert-OH is 1. The molecule has 1 aliphatic heterocycles. The molecule has 0 saturated carbocycles. The Morgan fingerprint density at radius 3 is 2.61 bits per heavy atom. The molecule has 0 fully saturated rings. The lowest BCUT2D eigenvalue weighted by Crippen LogP contribution is -2.48. The zero-order valence-corrected chi connectivity index (χ0v) is 27.8. The number of pyridine rings is 1. The van der Waals surface area contributed by atoms with Gasteiger partial charge in [-0.3, -0.25) is 14.6 Å². The van der Waals surface area contributed by atoms with E-state index in [9.17, 15) is 23.1 Å². The van der Waals surface area contributed by atoms with E-state index in [-0.39, 0.29) is 48.2 Å². The molecule has 1 aromatic carbocycles. The van der Waals surface area contributed by atoms with E-state index < -0.39 is 28.1 Å². The first kappa shape index (κ1) is 35.0. The van der Waals surface area contributed by atoms with Crippen LogP contribution in [0.3, 0.4) is 0 Å². The van der Waals surface area contributed by atoms with Gasteiger partial charge in [0.05, 0.1) is 36.7 Å². The van der Waals surface area contributed by atoms with Crippen LogP contribution < -0.4 is 10.1 Å². The molecule has 3 heterocycles. The van der Waals surface area contributed by atoms with Crippen molar-refractivity contribution in [2.75, 3.05) is 38.7 Å². The predicted octanol–water partition coefficient (Wildman–Crippen LogP) is 3.18. The lowest BCUT2D eigenvalue weighted by molar-refractivity contribution is -0.00835. The Morgan fingerprint density at radius 2 is 1.93 bits per heavy atom. The fourth-order valence-electron chi connectivity index (χ4n) is 5.20. The Kier molecular flexibility index (Phi) is 11.9. The number of sulfonamides is 1. The third-order valence-corrected chi connectivity index (χ3v) is 9.75. The van der Waals surface area contributed by atoms with Crippen molar-refractivity contribution in [3.63, 3.8) is 0 Å². The summed E-state index contributed by atoms with van der Waals surface area (Å²) in [7, 11) is -0.696. The summed E-state index contributed by atoms with van der Waals surface area (Å²) in [4.78, 5) is 36.7. The van der Waals surface area contributed by atoms with Gasteiger partial charge in [0.1, 0.15) is 5.75 Å². The lowest BCUT2D eigenvalue weighted by Gasteiger charge is -2.35. The smallest absolute Gasteiger partial charge is 0.261 e. The first-order chi connectivity index (χ1) is 21.9. The van der Waals surface area contributed by atoms with Crippen LogP contribution in [0.2, 0.25) is 0 Å². The average Bonchev–Trinajstić information content (AvgIpc) is 3.49. The first-order valence-electron chi connectivity index (χ1n) is 15.4. The van der Waals surface area contributed by atoms with Gasteiger partial charge in [0, 0.05) is 69.6 Å². The second kappa shape index (κ2) is 15.6. The highest BCUT2D eigenvalue weighted by Crippen LogP contribution is 2.29. The van der Waals surface area contributed by atoms with Crippen molar-refractivity contribution in [3.8, 4) is 5.75 Å². The van der Waals surface area contributed by atoms with E-state index in [0.29, 0.717) is 30.0 Å². The van der Waals surface area contributed by atoms with E-state index in [1.807, 2.05) is 13.8 Å². The molecule has 14 heteroatoms. The van der Waals surface area contributed by atoms with Gasteiger partial charge >= 0.3 is 0 Å². The molecule has 0 unspecified atom stereocenters. The van der Waals surface area contributed by atoms with Crippen molar-refractivity contribution in [3.05, 3.63) is 66.4 Å². The predicted molar refractivity (Wildman–Crippen MR) is 172 cm³/mol. The Bertz CT molecular complexity index is 1580. The fourth-order valence-corrected chi connectivity index (χ4v) is 6.35. The summed E-state index contributed by atoms with van der Waals surface area (Å²) in [6.07, 6.45) is 7.36. The number of hydrogen-bond donors (Lipinski definition) is 2. The number of benzene rings is 1. The van der Waals surface area contributed by atoms with Gasteiger partial charge in [-0.2, -0.15) is 4.31 Å². The van der Waals surface area contributed by atoms with Crippen LogP contribution in [0.15, 0.2) is 60.3 Å². The number of rotatable bonds is 8. The number of aliphatic hydroxyl groups is 1. The molecule has 3 aromatic rings. The summed E-state index contributed by atoms with van der Waals surface area (Å²) in [6.45, 7) is 5.86. The number of imidazole rings is 1. The molecular weight excluding hydrogens is 612 g/mol. The van der Waals surface area contributed by atoms with Gasteiger partial charge < -0.3 is 29.4 Å². The zero-order valence-electron chi connectivity index (χ0n) is 27.0. The van der Waals surface area contributed by atoms with Crippen LogP contribution in [0.25, 0.3) is 0 Å². The van der Waals surface area contributed by atoms with Crippen LogP contribution in [-0.4, -0.2) is 101 Å². The molecule has 4 atom stereocenters. The molecule has 46 heavy (non-hydrogen) atoms. The Balaban J connectivity index is 1.65. The normalized spacial score (nSPS) is 20.8. The first-order valence-corrected chi connectivity index (χ1v) is 16.8. The van der Waals surface area contributed by atoms with Crippen molar-refractivity contribution in [2.45, 2.75) is 63.3 Å². The van der Waals surface area contributed by atoms with Crippen LogP contribution in [-0.2, 0) is 21.8 Å². The molecule has 4 rings (SSSR count). The van der Waals surface area contributed by atoms with E-state index in [0.717, 1.165) is 12.8 Å². The van der Waals surface area contributed by atoms with Gasteiger partial charge in [0.25, 0.3) is 21.8 Å². The molecule has 0 aliphatic carbocycles. The zero-order chi connectivity index (χ0) is 33.4. The maximum Gasteiger partial charge on any atom is 0.261 e. The van der Waals surface area contributed by atoms with Gasteiger partial charge in [-0.1, -0.05) is 6.92 Å². The third kappa shape index (κ3) is 8.69. The monoisotopic (exact) mass is 656 g/mol. The highest BCUT2D eigenvalue weighted by molar-refractivity contribution is 7.89. The number of ether oxygens (including phenoxy) is 2. The molecular formula is C32H44N6O7S. The maximum atomic E-state index is 14.3. The van der Waals surface area contributed by atoms with Crippen LogP contribution in [0.4, 0.5) is 5.69 Å². The van der Waals surface area contributed by atoms with Gasteiger partial charge in [-0.15, -0.1) is 0 Å². The number of carbonyl (C=O) groups is 2. The summed E-state index contributed by atoms with van der Waals surface area (Å²) in [5.41, 5.74) is 1.05. The minimum absolute atomic E-state index is 0.0386. The molecule has 0 bridgehead atoms. The van der Waals surface area contributed by atoms with Crippen LogP contribution in [0.5, 0.6) is 5.75 Å². The highest BCUT2D eigenvalue weighted by Gasteiger charge is 2.33. The second-order valence-corrected chi connectivity index (χ2v) is 13.9. The van der Waals surface area contributed by atoms with Crippen molar-refractivity contribution in [2.24, 2.45) is 13.0 Å². The summed E-state index contributed by atoms with van der Waals surface area (Å²) >= 11 is 0. The van der Waals surface area contributed by atoms with Gasteiger partial charge in [0.15, 0.2) is 5.03 Å². The standard InChI is InChI=1S/C32H44N6O7S/c1-22-17-38(23(2)20-39)32(41)27-16-26(35-31(40)25-11-13-33-14-12-25)9-10-28(27)45-24(3)8-6-7-15-44-29(22)18-37(5)46(42,43)30-19-36(4)21-34-30/h9-14,16,19,21-24,29,39H,6-8,15,17-18,20H2,1-5H3,(H,35,40)/t22-,23+,24+,29-/m1/s1. The quantitative estimate of drug-likeness (QED) is 0.372. The van der Waals surface area contributed by atoms with Crippen LogP contribution >= 0.6 is 0 Å². The number of hydrogen-bond acceptors (Lipinski definition) is 9. The Morgan fingerprint density at radius 1 is 1.20 bits per heavy atom. The molecule has 0 saturated heterocycles. The van der Waals surface area contributed by atoms with E-state index in [1.54, 1.807) is 53.8 Å². The second-order valence-electron chi connectivity index (χ2n) is 11.9. The lowest BCUT2D eigenvalue weighted by atomic mass is 10.0. The number of nitrogens with one attached hydrogen (secondary N) is 1. The SMILES string of the molecule is C[C@@H]1CN([C@@H](C)CO)C(=O)c2cc(NC(=O)c3ccncc3)ccc2O[C@@H](C)CCCCO[C@@H]1CN(C)S(=O)(=O)c1cn(C)cn1. The van der Waals surface area contributed by atoms with E-state index in [1.165, 1.54) is 36.3 Å². The third-order valence-electron chi connectivity index (χ3n) is 8.04. The molecule has 2 N–H and O–H groups in total. The number of nitrogens with zero attached hydrogens (tertiary/aromatic N) is 5. The van der Waals surface area contributed by atoms with Crippen molar-refractivity contribution >= 4 is 27.5 Å². The van der Waals surface area contributed by atoms with E-state index in [2.05, 4.69) is 15.3 Å². The highest BCUT2D eigenvalue weighted by atomic mass is 32.2. The van der Waals surface area contributed by atoms with E-state index in [4.69, 9.17) is 9.47 Å². The van der Waals surface area contributed by atoms with Crippen LogP contribution in [0, 0.1) is 5.92 Å². The number of amides is 2. The number of aryl methyl sites for hydroxylation is 1. The topological polar surface area (TPSA) is 156 Å². The molecule has 2 amide bonds. The molecule has 0 spiro atoms. The molecule has 1 aliphatic rings. The number of fused-ring (bicyclic) bond motifs is 1. The summed E-state index contributed by atoms with van der Waals surface area (Å²) < 4.78 is 41.9. The maximum absolute atomic E-state index is 14.3. The minimum atomic E-state index is -3.88. The van der Waals surface area contributed by atoms with E-state index >= 15 is 0 Å². The molecule has 0 radical (unpaired) electrons. The number of carbonyl (C=O) groups excluding carboxylic acids is 2. The average molecular weight is 657 g/mol. The number of aromatic nitrogens is 3. The largest absolute Gasteiger partial charge is 0.490 e. The van der Waals surface area contributed by atoms with Gasteiger partial charge in [-0.25, -0.2) is 13.4 Å². The van der Waals surface area contributed by atoms with Crippen molar-refractivity contribution in [1.29, 1.82) is 0 Å². The Labute approximate surface area is 270 Å². The number of anilines is 1.